The van der Waals surface area contributed by atoms with E-state index in [9.17, 15) is 28.4 Å². The van der Waals surface area contributed by atoms with E-state index in [1.165, 1.54) is 17.1 Å². The second kappa shape index (κ2) is 12.0. The Morgan fingerprint density at radius 2 is 1.88 bits per heavy atom. The summed E-state index contributed by atoms with van der Waals surface area (Å²) >= 11 is 6.29. The fraction of sp³-hybridized carbons (Fsp3) is 0.455. The molecule has 0 aliphatic carbocycles. The second-order valence-corrected chi connectivity index (χ2v) is 16.5. The first-order valence-corrected chi connectivity index (χ1v) is 18.1. The molecule has 0 radical (unpaired) electrons. The molecule has 0 saturated carbocycles. The number of halogens is 1. The summed E-state index contributed by atoms with van der Waals surface area (Å²) in [7, 11) is -12.2. The van der Waals surface area contributed by atoms with Crippen molar-refractivity contribution in [3.8, 4) is 0 Å². The van der Waals surface area contributed by atoms with E-state index in [2.05, 4.69) is 15.4 Å². The molecule has 19 heteroatoms. The van der Waals surface area contributed by atoms with Gasteiger partial charge in [-0.2, -0.15) is 5.10 Å². The highest BCUT2D eigenvalue weighted by Crippen LogP contribution is 2.55. The molecule has 41 heavy (non-hydrogen) atoms. The maximum absolute atomic E-state index is 12.0. The standard InChI is InChI=1S/C22H30ClN5O10P2S/c1-12(14-5-3-13(4-6-14)10-41(2,24)36)26-16-7-18(23)27-21-15(16)8-25-28(21)22-20(30)19(29)17(38-22)9-37-40(34,35)11-39(31,32)33/h3-8,12,17,19-20,22,24,29-30H,9-11H2,1-2H3,(H,26,27)(H,34,35)(H2,31,32,33)/t12-,17+,19+,20+,22+,41?/m0/s1. The van der Waals surface area contributed by atoms with Crippen molar-refractivity contribution in [1.82, 2.24) is 14.8 Å². The van der Waals surface area contributed by atoms with Gasteiger partial charge in [0, 0.05) is 22.0 Å². The van der Waals surface area contributed by atoms with Crippen molar-refractivity contribution < 1.29 is 47.5 Å². The SMILES string of the molecule is C[C@H](Nc1cc(Cl)nc2c1cnn2[C@@H]1O[C@H](COP(=O)(O)CP(=O)(O)O)[C@@H](O)[C@H]1O)c1ccc(CS(C)(=N)=O)cc1. The first-order chi connectivity index (χ1) is 18.9. The Bertz CT molecular complexity index is 1620. The summed E-state index contributed by atoms with van der Waals surface area (Å²) in [6, 6.07) is 8.70. The summed E-state index contributed by atoms with van der Waals surface area (Å²) in [4.78, 5) is 31.9. The van der Waals surface area contributed by atoms with Gasteiger partial charge in [0.15, 0.2) is 17.8 Å². The van der Waals surface area contributed by atoms with E-state index >= 15 is 0 Å². The smallest absolute Gasteiger partial charge is 0.340 e. The quantitative estimate of drug-likeness (QED) is 0.116. The lowest BCUT2D eigenvalue weighted by Crippen LogP contribution is -2.33. The van der Waals surface area contributed by atoms with E-state index in [0.29, 0.717) is 11.1 Å². The molecule has 226 valence electrons. The first-order valence-electron chi connectivity index (χ1n) is 12.1. The van der Waals surface area contributed by atoms with E-state index in [1.54, 1.807) is 6.07 Å². The van der Waals surface area contributed by atoms with Gasteiger partial charge < -0.3 is 39.5 Å². The minimum absolute atomic E-state index is 0.0871. The number of ether oxygens (including phenoxy) is 1. The summed E-state index contributed by atoms with van der Waals surface area (Å²) in [5.41, 5.74) is 2.43. The Labute approximate surface area is 240 Å². The number of hydrogen-bond donors (Lipinski definition) is 7. The number of nitrogens with one attached hydrogen (secondary N) is 2. The maximum atomic E-state index is 12.0. The van der Waals surface area contributed by atoms with Crippen molar-refractivity contribution in [2.75, 3.05) is 24.1 Å². The zero-order valence-corrected chi connectivity index (χ0v) is 25.1. The molecule has 7 atom stereocenters. The van der Waals surface area contributed by atoms with Crippen LogP contribution in [-0.2, 0) is 33.9 Å². The monoisotopic (exact) mass is 653 g/mol. The minimum Gasteiger partial charge on any atom is -0.387 e. The molecule has 15 nitrogen and oxygen atoms in total. The molecule has 0 amide bonds. The van der Waals surface area contributed by atoms with Crippen LogP contribution in [0.5, 0.6) is 0 Å². The number of benzene rings is 1. The normalized spacial score (nSPS) is 25.1. The van der Waals surface area contributed by atoms with Crippen LogP contribution in [0.25, 0.3) is 11.0 Å². The summed E-state index contributed by atoms with van der Waals surface area (Å²) in [6.07, 6.45) is -2.95. The lowest BCUT2D eigenvalue weighted by Gasteiger charge is -2.19. The van der Waals surface area contributed by atoms with Gasteiger partial charge in [-0.3, -0.25) is 13.9 Å². The van der Waals surface area contributed by atoms with Gasteiger partial charge >= 0.3 is 15.2 Å². The van der Waals surface area contributed by atoms with Crippen molar-refractivity contribution in [2.24, 2.45) is 0 Å². The first kappa shape index (κ1) is 32.0. The van der Waals surface area contributed by atoms with E-state index in [0.717, 1.165) is 11.1 Å². The van der Waals surface area contributed by atoms with Crippen LogP contribution in [0.2, 0.25) is 5.15 Å². The maximum Gasteiger partial charge on any atom is 0.340 e. The molecule has 3 aromatic rings. The number of aliphatic hydroxyl groups is 2. The highest BCUT2D eigenvalue weighted by atomic mass is 35.5. The fourth-order valence-electron chi connectivity index (χ4n) is 4.36. The molecular formula is C22H30ClN5O10P2S. The van der Waals surface area contributed by atoms with Crippen LogP contribution in [0.3, 0.4) is 0 Å². The number of fused-ring (bicyclic) bond motifs is 1. The summed E-state index contributed by atoms with van der Waals surface area (Å²) < 4.78 is 54.0. The van der Waals surface area contributed by atoms with Gasteiger partial charge in [-0.25, -0.2) is 13.9 Å². The van der Waals surface area contributed by atoms with Crippen molar-refractivity contribution in [3.63, 3.8) is 0 Å². The van der Waals surface area contributed by atoms with Gasteiger partial charge in [0.2, 0.25) is 0 Å². The number of aliphatic hydroxyl groups excluding tert-OH is 2. The summed E-state index contributed by atoms with van der Waals surface area (Å²) in [5, 5.41) is 29.3. The predicted molar refractivity (Wildman–Crippen MR) is 150 cm³/mol. The molecule has 4 rings (SSSR count). The van der Waals surface area contributed by atoms with E-state index in [-0.39, 0.29) is 22.6 Å². The van der Waals surface area contributed by atoms with Gasteiger partial charge in [0.05, 0.1) is 29.6 Å². The molecule has 0 bridgehead atoms. The Hall–Kier alpha value is -1.94. The zero-order valence-electron chi connectivity index (χ0n) is 21.8. The van der Waals surface area contributed by atoms with Gasteiger partial charge in [0.1, 0.15) is 23.5 Å². The topological polar surface area (TPSA) is 237 Å². The number of aromatic nitrogens is 3. The number of anilines is 1. The average molecular weight is 654 g/mol. The Morgan fingerprint density at radius 3 is 2.49 bits per heavy atom. The third-order valence-corrected chi connectivity index (χ3v) is 10.7. The molecule has 1 saturated heterocycles. The van der Waals surface area contributed by atoms with Crippen LogP contribution in [0.4, 0.5) is 5.69 Å². The van der Waals surface area contributed by atoms with Crippen molar-refractivity contribution >= 4 is 53.2 Å². The number of rotatable bonds is 11. The van der Waals surface area contributed by atoms with E-state index in [1.807, 2.05) is 31.2 Å². The third-order valence-electron chi connectivity index (χ3n) is 6.21. The van der Waals surface area contributed by atoms with Gasteiger partial charge in [-0.1, -0.05) is 35.9 Å². The van der Waals surface area contributed by atoms with E-state index < -0.39 is 62.0 Å². The molecule has 1 aliphatic rings. The van der Waals surface area contributed by atoms with Gasteiger partial charge in [-0.05, 0) is 24.1 Å². The Morgan fingerprint density at radius 1 is 1.22 bits per heavy atom. The summed E-state index contributed by atoms with van der Waals surface area (Å²) in [5.74, 6) is -1.26. The zero-order chi connectivity index (χ0) is 30.3. The average Bonchev–Trinajstić information content (AvgIpc) is 3.36. The van der Waals surface area contributed by atoms with Crippen molar-refractivity contribution in [3.05, 3.63) is 52.8 Å². The second-order valence-electron chi connectivity index (χ2n) is 9.86. The molecule has 1 aliphatic heterocycles. The predicted octanol–water partition coefficient (Wildman–Crippen LogP) is 2.39. The molecule has 0 spiro atoms. The molecule has 1 aromatic carbocycles. The van der Waals surface area contributed by atoms with Crippen LogP contribution in [0.1, 0.15) is 30.3 Å². The molecule has 7 N–H and O–H groups in total. The Kier molecular flexibility index (Phi) is 9.34. The van der Waals surface area contributed by atoms with Gasteiger partial charge in [0.25, 0.3) is 0 Å². The molecule has 3 heterocycles. The number of pyridine rings is 1. The Balaban J connectivity index is 1.52. The molecule has 2 aromatic heterocycles. The van der Waals surface area contributed by atoms with Crippen LogP contribution in [0.15, 0.2) is 36.5 Å². The summed E-state index contributed by atoms with van der Waals surface area (Å²) in [6.45, 7) is 1.17. The fourth-order valence-corrected chi connectivity index (χ4v) is 7.95. The van der Waals surface area contributed by atoms with Crippen LogP contribution in [0, 0.1) is 4.78 Å². The number of hydrogen-bond acceptors (Lipinski definition) is 11. The molecular weight excluding hydrogens is 624 g/mol. The van der Waals surface area contributed by atoms with Crippen LogP contribution >= 0.6 is 26.8 Å². The highest BCUT2D eigenvalue weighted by Gasteiger charge is 2.46. The van der Waals surface area contributed by atoms with Crippen LogP contribution in [-0.4, -0.2) is 80.9 Å². The molecule has 2 unspecified atom stereocenters. The van der Waals surface area contributed by atoms with Gasteiger partial charge in [-0.15, -0.1) is 0 Å². The minimum atomic E-state index is -4.85. The number of nitrogens with zero attached hydrogens (tertiary/aromatic N) is 3. The van der Waals surface area contributed by atoms with Crippen LogP contribution < -0.4 is 5.32 Å². The van der Waals surface area contributed by atoms with Crippen molar-refractivity contribution in [1.29, 1.82) is 4.78 Å². The lowest BCUT2D eigenvalue weighted by atomic mass is 10.1. The van der Waals surface area contributed by atoms with Crippen molar-refractivity contribution in [2.45, 2.75) is 43.3 Å². The largest absolute Gasteiger partial charge is 0.387 e. The van der Waals surface area contributed by atoms with E-state index in [4.69, 9.17) is 35.4 Å². The lowest BCUT2D eigenvalue weighted by molar-refractivity contribution is -0.0541. The highest BCUT2D eigenvalue weighted by molar-refractivity contribution is 7.90. The molecule has 1 fully saturated rings. The third kappa shape index (κ3) is 8.12.